The smallest absolute Gasteiger partial charge is 0.262 e. The Kier molecular flexibility index (Phi) is 9.31. The van der Waals surface area contributed by atoms with Gasteiger partial charge in [-0.25, -0.2) is 0 Å². The summed E-state index contributed by atoms with van der Waals surface area (Å²) in [7, 11) is 1.58. The molecule has 0 saturated carbocycles. The number of rotatable bonds is 11. The minimum atomic E-state index is -0.300. The first-order valence-corrected chi connectivity index (χ1v) is 11.3. The molecule has 0 aromatic heterocycles. The van der Waals surface area contributed by atoms with Crippen molar-refractivity contribution in [1.29, 1.82) is 0 Å². The Morgan fingerprint density at radius 3 is 2.41 bits per heavy atom. The fraction of sp³-hybridized carbons (Fsp3) is 0.231. The topological polar surface area (TPSA) is 93.9 Å². The first-order valence-electron chi connectivity index (χ1n) is 10.9. The molecule has 2 amide bonds. The van der Waals surface area contributed by atoms with Gasteiger partial charge in [-0.2, -0.15) is 0 Å². The van der Waals surface area contributed by atoms with Crippen molar-refractivity contribution in [2.45, 2.75) is 13.0 Å². The van der Waals surface area contributed by atoms with Crippen molar-refractivity contribution >= 4 is 29.1 Å². The lowest BCUT2D eigenvalue weighted by molar-refractivity contribution is -0.118. The lowest BCUT2D eigenvalue weighted by Gasteiger charge is -2.24. The molecule has 0 heterocycles. The van der Waals surface area contributed by atoms with E-state index in [4.69, 9.17) is 26.8 Å². The number of amides is 2. The molecule has 3 rings (SSSR count). The van der Waals surface area contributed by atoms with E-state index in [1.165, 1.54) is 0 Å². The van der Waals surface area contributed by atoms with Crippen molar-refractivity contribution in [3.8, 4) is 11.5 Å². The third kappa shape index (κ3) is 7.23. The lowest BCUT2D eigenvalue weighted by Crippen LogP contribution is -2.32. The van der Waals surface area contributed by atoms with Crippen LogP contribution >= 0.6 is 11.6 Å². The average molecular weight is 482 g/mol. The van der Waals surface area contributed by atoms with E-state index in [0.29, 0.717) is 52.8 Å². The number of carbonyl (C=O) groups excluding carboxylic acids is 2. The monoisotopic (exact) mass is 481 g/mol. The molecule has 0 spiro atoms. The van der Waals surface area contributed by atoms with Crippen LogP contribution in [0.3, 0.4) is 0 Å². The number of nitrogens with zero attached hydrogens (tertiary/aromatic N) is 1. The Bertz CT molecular complexity index is 1090. The van der Waals surface area contributed by atoms with Gasteiger partial charge in [0.2, 0.25) is 0 Å². The summed E-state index contributed by atoms with van der Waals surface area (Å²) in [5.41, 5.74) is 7.50. The highest BCUT2D eigenvalue weighted by Gasteiger charge is 2.18. The highest BCUT2D eigenvalue weighted by atomic mass is 35.5. The maximum absolute atomic E-state index is 13.2. The molecule has 178 valence electrons. The van der Waals surface area contributed by atoms with Crippen molar-refractivity contribution in [2.75, 3.05) is 32.1 Å². The van der Waals surface area contributed by atoms with Crippen molar-refractivity contribution in [1.82, 2.24) is 4.90 Å². The van der Waals surface area contributed by atoms with Crippen LogP contribution in [0.4, 0.5) is 5.69 Å². The number of hydrogen-bond acceptors (Lipinski definition) is 5. The van der Waals surface area contributed by atoms with Gasteiger partial charge in [0.05, 0.1) is 7.11 Å². The fourth-order valence-corrected chi connectivity index (χ4v) is 3.47. The number of hydrogen-bond donors (Lipinski definition) is 2. The Balaban J connectivity index is 1.69. The van der Waals surface area contributed by atoms with Crippen LogP contribution in [0.1, 0.15) is 22.3 Å². The zero-order chi connectivity index (χ0) is 24.3. The van der Waals surface area contributed by atoms with Gasteiger partial charge >= 0.3 is 0 Å². The molecule has 8 heteroatoms. The van der Waals surface area contributed by atoms with Crippen molar-refractivity contribution in [2.24, 2.45) is 5.73 Å². The summed E-state index contributed by atoms with van der Waals surface area (Å²) < 4.78 is 10.7. The van der Waals surface area contributed by atoms with E-state index in [1.807, 2.05) is 18.2 Å². The molecule has 0 atom stereocenters. The standard InChI is InChI=1S/C26H28ClN3O4/c1-33-22-11-8-19(9-12-22)26(32)30(15-5-14-28)17-20-16-21(10-13-24(20)27)29-25(31)18-34-23-6-3-2-4-7-23/h2-4,6-13,16H,5,14-15,17-18,28H2,1H3,(H,29,31). The van der Waals surface area contributed by atoms with Gasteiger partial charge in [0, 0.05) is 29.4 Å². The van der Waals surface area contributed by atoms with Gasteiger partial charge in [-0.05, 0) is 73.1 Å². The minimum Gasteiger partial charge on any atom is -0.497 e. The van der Waals surface area contributed by atoms with E-state index in [-0.39, 0.29) is 25.0 Å². The molecular weight excluding hydrogens is 454 g/mol. The summed E-state index contributed by atoms with van der Waals surface area (Å²) in [6.45, 7) is 1.07. The Morgan fingerprint density at radius 1 is 1.00 bits per heavy atom. The van der Waals surface area contributed by atoms with Gasteiger partial charge in [-0.15, -0.1) is 0 Å². The fourth-order valence-electron chi connectivity index (χ4n) is 3.29. The third-order valence-corrected chi connectivity index (χ3v) is 5.43. The van der Waals surface area contributed by atoms with Crippen LogP contribution in [0.25, 0.3) is 0 Å². The molecule has 0 aliphatic carbocycles. The SMILES string of the molecule is COc1ccc(C(=O)N(CCCN)Cc2cc(NC(=O)COc3ccccc3)ccc2Cl)cc1. The second kappa shape index (κ2) is 12.6. The summed E-state index contributed by atoms with van der Waals surface area (Å²) in [5.74, 6) is 0.846. The molecule has 7 nitrogen and oxygen atoms in total. The highest BCUT2D eigenvalue weighted by Crippen LogP contribution is 2.24. The molecule has 0 bridgehead atoms. The van der Waals surface area contributed by atoms with Crippen LogP contribution in [0, 0.1) is 0 Å². The number of carbonyl (C=O) groups is 2. The number of para-hydroxylation sites is 1. The maximum atomic E-state index is 13.2. The van der Waals surface area contributed by atoms with Gasteiger partial charge in [-0.3, -0.25) is 9.59 Å². The number of benzene rings is 3. The van der Waals surface area contributed by atoms with Gasteiger partial charge in [-0.1, -0.05) is 29.8 Å². The molecule has 3 aromatic carbocycles. The minimum absolute atomic E-state index is 0.124. The number of anilines is 1. The molecule has 3 N–H and O–H groups in total. The summed E-state index contributed by atoms with van der Waals surface area (Å²) in [4.78, 5) is 27.2. The first kappa shape index (κ1) is 25.1. The molecule has 0 unspecified atom stereocenters. The zero-order valence-electron chi connectivity index (χ0n) is 19.0. The van der Waals surface area contributed by atoms with Crippen LogP contribution in [0.15, 0.2) is 72.8 Å². The summed E-state index contributed by atoms with van der Waals surface area (Å²) in [6.07, 6.45) is 0.646. The van der Waals surface area contributed by atoms with Crippen molar-refractivity contribution in [3.05, 3.63) is 88.9 Å². The van der Waals surface area contributed by atoms with Crippen LogP contribution in [-0.2, 0) is 11.3 Å². The Hall–Kier alpha value is -3.55. The number of halogens is 1. The van der Waals surface area contributed by atoms with Gasteiger partial charge in [0.15, 0.2) is 6.61 Å². The second-order valence-electron chi connectivity index (χ2n) is 7.55. The van der Waals surface area contributed by atoms with E-state index in [2.05, 4.69) is 5.32 Å². The van der Waals surface area contributed by atoms with Gasteiger partial charge < -0.3 is 25.4 Å². The first-order chi connectivity index (χ1) is 16.5. The van der Waals surface area contributed by atoms with Crippen LogP contribution in [0.2, 0.25) is 5.02 Å². The molecule has 0 aliphatic rings. The Labute approximate surface area is 204 Å². The molecule has 3 aromatic rings. The Morgan fingerprint density at radius 2 is 1.74 bits per heavy atom. The molecular formula is C26H28ClN3O4. The number of nitrogens with one attached hydrogen (secondary N) is 1. The largest absolute Gasteiger partial charge is 0.497 e. The molecule has 0 saturated heterocycles. The quantitative estimate of drug-likeness (QED) is 0.424. The normalized spacial score (nSPS) is 10.4. The van der Waals surface area contributed by atoms with Gasteiger partial charge in [0.1, 0.15) is 11.5 Å². The number of ether oxygens (including phenoxy) is 2. The van der Waals surface area contributed by atoms with E-state index < -0.39 is 0 Å². The molecule has 0 radical (unpaired) electrons. The van der Waals surface area contributed by atoms with Crippen LogP contribution in [0.5, 0.6) is 11.5 Å². The van der Waals surface area contributed by atoms with E-state index >= 15 is 0 Å². The van der Waals surface area contributed by atoms with Crippen molar-refractivity contribution in [3.63, 3.8) is 0 Å². The molecule has 0 aliphatic heterocycles. The summed E-state index contributed by atoms with van der Waals surface area (Å²) in [5, 5.41) is 3.31. The highest BCUT2D eigenvalue weighted by molar-refractivity contribution is 6.31. The molecule has 0 fully saturated rings. The predicted molar refractivity (Wildman–Crippen MR) is 133 cm³/mol. The third-order valence-electron chi connectivity index (χ3n) is 5.06. The van der Waals surface area contributed by atoms with Crippen LogP contribution in [-0.4, -0.2) is 43.5 Å². The number of methoxy groups -OCH3 is 1. The average Bonchev–Trinajstić information content (AvgIpc) is 2.87. The van der Waals surface area contributed by atoms with Crippen molar-refractivity contribution < 1.29 is 19.1 Å². The lowest BCUT2D eigenvalue weighted by atomic mass is 10.1. The molecule has 34 heavy (non-hydrogen) atoms. The number of nitrogens with two attached hydrogens (primary N) is 1. The van der Waals surface area contributed by atoms with E-state index in [0.717, 1.165) is 0 Å². The maximum Gasteiger partial charge on any atom is 0.262 e. The second-order valence-corrected chi connectivity index (χ2v) is 7.96. The van der Waals surface area contributed by atoms with Crippen LogP contribution < -0.4 is 20.5 Å². The van der Waals surface area contributed by atoms with E-state index in [1.54, 1.807) is 66.6 Å². The van der Waals surface area contributed by atoms with E-state index in [9.17, 15) is 9.59 Å². The summed E-state index contributed by atoms with van der Waals surface area (Å²) in [6, 6.07) is 21.2. The zero-order valence-corrected chi connectivity index (χ0v) is 19.8. The predicted octanol–water partition coefficient (Wildman–Crippen LogP) is 4.36. The summed E-state index contributed by atoms with van der Waals surface area (Å²) >= 11 is 6.43. The van der Waals surface area contributed by atoms with Gasteiger partial charge in [0.25, 0.3) is 11.8 Å².